The topological polar surface area (TPSA) is 102 Å². The lowest BCUT2D eigenvalue weighted by Gasteiger charge is -2.27. The number of furan rings is 2. The van der Waals surface area contributed by atoms with Crippen molar-refractivity contribution in [1.82, 2.24) is 0 Å². The minimum atomic E-state index is -0.670. The zero-order chi connectivity index (χ0) is 18.1. The molecule has 2 atom stereocenters. The van der Waals surface area contributed by atoms with Gasteiger partial charge in [0.05, 0.1) is 23.3 Å². The molecule has 0 bridgehead atoms. The molecule has 0 amide bonds. The first-order valence-corrected chi connectivity index (χ1v) is 8.14. The molecule has 2 N–H and O–H groups in total. The number of aryl methyl sites for hydroxylation is 1. The number of amidine groups is 1. The average molecular weight is 353 g/mol. The van der Waals surface area contributed by atoms with Crippen LogP contribution in [0, 0.1) is 17.0 Å². The van der Waals surface area contributed by atoms with Crippen LogP contribution in [0.15, 0.2) is 75.0 Å². The number of hydrogen-bond acceptors (Lipinski definition) is 6. The molecular formula is C18H17N4O4+. The first kappa shape index (κ1) is 16.1. The van der Waals surface area contributed by atoms with Crippen LogP contribution in [0.5, 0.6) is 0 Å². The molecule has 0 fully saturated rings. The summed E-state index contributed by atoms with van der Waals surface area (Å²) in [6, 6.07) is 14.0. The molecular weight excluding hydrogens is 336 g/mol. The van der Waals surface area contributed by atoms with E-state index < -0.39 is 17.1 Å². The molecule has 0 unspecified atom stereocenters. The fourth-order valence-corrected chi connectivity index (χ4v) is 3.09. The highest BCUT2D eigenvalue weighted by molar-refractivity contribution is 5.81. The summed E-state index contributed by atoms with van der Waals surface area (Å²) in [5.41, 5.74) is 1.78. The predicted molar refractivity (Wildman–Crippen MR) is 92.9 cm³/mol. The summed E-state index contributed by atoms with van der Waals surface area (Å²) in [5, 5.41) is 19.5. The summed E-state index contributed by atoms with van der Waals surface area (Å²) >= 11 is 0. The summed E-state index contributed by atoms with van der Waals surface area (Å²) in [5.74, 6) is 0.930. The van der Waals surface area contributed by atoms with E-state index >= 15 is 0 Å². The van der Waals surface area contributed by atoms with Crippen molar-refractivity contribution in [2.75, 3.05) is 5.01 Å². The van der Waals surface area contributed by atoms with Gasteiger partial charge in [-0.2, -0.15) is 0 Å². The largest absolute Gasteiger partial charge is 0.462 e. The van der Waals surface area contributed by atoms with Crippen LogP contribution in [0.1, 0.15) is 29.3 Å². The van der Waals surface area contributed by atoms with E-state index in [1.165, 1.54) is 6.26 Å². The van der Waals surface area contributed by atoms with Crippen molar-refractivity contribution in [2.45, 2.75) is 19.1 Å². The Bertz CT molecular complexity index is 934. The maximum absolute atomic E-state index is 11.7. The molecule has 8 nitrogen and oxygen atoms in total. The van der Waals surface area contributed by atoms with Crippen molar-refractivity contribution < 1.29 is 19.1 Å². The Kier molecular flexibility index (Phi) is 4.02. The van der Waals surface area contributed by atoms with Crippen molar-refractivity contribution in [3.8, 4) is 0 Å². The maximum Gasteiger partial charge on any atom is 0.430 e. The Hall–Kier alpha value is -3.39. The Balaban J connectivity index is 1.84. The molecule has 132 valence electrons. The average Bonchev–Trinajstić information content (AvgIpc) is 3.34. The predicted octanol–water partition coefficient (Wildman–Crippen LogP) is 2.59. The van der Waals surface area contributed by atoms with Crippen LogP contribution in [0.4, 0.5) is 5.69 Å². The molecule has 26 heavy (non-hydrogen) atoms. The molecule has 2 aromatic heterocycles. The summed E-state index contributed by atoms with van der Waals surface area (Å²) in [6.45, 7) is 1.96. The second kappa shape index (κ2) is 6.49. The van der Waals surface area contributed by atoms with Gasteiger partial charge in [0.25, 0.3) is 12.2 Å². The normalized spacial score (nSPS) is 20.0. The molecule has 0 saturated heterocycles. The number of nitrogens with two attached hydrogens (primary N) is 1. The minimum Gasteiger partial charge on any atom is -0.462 e. The molecule has 0 saturated carbocycles. The lowest BCUT2D eigenvalue weighted by Crippen LogP contribution is -2.92. The van der Waals surface area contributed by atoms with Gasteiger partial charge < -0.3 is 18.9 Å². The monoisotopic (exact) mass is 353 g/mol. The third-order valence-electron chi connectivity index (χ3n) is 4.26. The van der Waals surface area contributed by atoms with E-state index in [9.17, 15) is 10.1 Å². The molecule has 1 aromatic carbocycles. The van der Waals surface area contributed by atoms with Crippen molar-refractivity contribution in [2.24, 2.45) is 5.10 Å². The van der Waals surface area contributed by atoms with Gasteiger partial charge in [-0.25, -0.2) is 0 Å². The second-order valence-corrected chi connectivity index (χ2v) is 6.04. The molecule has 0 aliphatic carbocycles. The maximum atomic E-state index is 11.7. The van der Waals surface area contributed by atoms with Gasteiger partial charge in [0.2, 0.25) is 0 Å². The number of anilines is 1. The molecule has 4 rings (SSSR count). The van der Waals surface area contributed by atoms with Gasteiger partial charge in [-0.05, 0) is 53.8 Å². The van der Waals surface area contributed by atoms with Crippen LogP contribution in [0.25, 0.3) is 0 Å². The van der Waals surface area contributed by atoms with Gasteiger partial charge in [-0.15, -0.1) is 5.01 Å². The van der Waals surface area contributed by atoms with E-state index in [0.29, 0.717) is 11.5 Å². The standard InChI is InChI=1S/C18H16N4O4/c1-12-5-2-6-13(11-12)21-17(15-8-4-10-26-15)19-16(14-7-3-9-25-14)18(20-21)22(23)24/h2-11,16-17,19H,1H3/p+1/t16-,17-/m1/s1. The van der Waals surface area contributed by atoms with Crippen LogP contribution in [0.2, 0.25) is 0 Å². The smallest absolute Gasteiger partial charge is 0.430 e. The Morgan fingerprint density at radius 1 is 1.12 bits per heavy atom. The van der Waals surface area contributed by atoms with Crippen LogP contribution in [-0.2, 0) is 0 Å². The summed E-state index contributed by atoms with van der Waals surface area (Å²) in [7, 11) is 0. The van der Waals surface area contributed by atoms with Gasteiger partial charge in [-0.1, -0.05) is 12.1 Å². The molecule has 1 aliphatic heterocycles. The fraction of sp³-hybridized carbons (Fsp3) is 0.167. The Morgan fingerprint density at radius 2 is 1.85 bits per heavy atom. The molecule has 1 aliphatic rings. The van der Waals surface area contributed by atoms with Gasteiger partial charge >= 0.3 is 5.84 Å². The molecule has 3 heterocycles. The number of nitrogens with zero attached hydrogens (tertiary/aromatic N) is 3. The van der Waals surface area contributed by atoms with Crippen LogP contribution < -0.4 is 10.3 Å². The highest BCUT2D eigenvalue weighted by Gasteiger charge is 2.47. The van der Waals surface area contributed by atoms with Gasteiger partial charge in [0, 0.05) is 0 Å². The number of quaternary nitrogens is 1. The van der Waals surface area contributed by atoms with Crippen LogP contribution in [0.3, 0.4) is 0 Å². The first-order chi connectivity index (χ1) is 12.6. The minimum absolute atomic E-state index is 0.190. The van der Waals surface area contributed by atoms with Crippen molar-refractivity contribution >= 4 is 11.5 Å². The third-order valence-corrected chi connectivity index (χ3v) is 4.26. The van der Waals surface area contributed by atoms with Crippen molar-refractivity contribution in [3.05, 3.63) is 88.3 Å². The van der Waals surface area contributed by atoms with Gasteiger partial charge in [0.1, 0.15) is 0 Å². The van der Waals surface area contributed by atoms with Gasteiger partial charge in [-0.3, -0.25) is 5.32 Å². The van der Waals surface area contributed by atoms with Crippen molar-refractivity contribution in [3.63, 3.8) is 0 Å². The lowest BCUT2D eigenvalue weighted by molar-refractivity contribution is -0.732. The molecule has 3 aromatic rings. The highest BCUT2D eigenvalue weighted by atomic mass is 16.6. The number of hydrogen-bond donors (Lipinski definition) is 1. The van der Waals surface area contributed by atoms with E-state index in [2.05, 4.69) is 5.10 Å². The van der Waals surface area contributed by atoms with E-state index in [-0.39, 0.29) is 5.84 Å². The Morgan fingerprint density at radius 3 is 2.46 bits per heavy atom. The Labute approximate surface area is 148 Å². The number of benzene rings is 1. The quantitative estimate of drug-likeness (QED) is 0.576. The number of nitro groups is 1. The van der Waals surface area contributed by atoms with Crippen LogP contribution in [-0.4, -0.2) is 10.8 Å². The van der Waals surface area contributed by atoms with Crippen LogP contribution >= 0.6 is 0 Å². The third kappa shape index (κ3) is 2.86. The zero-order valence-corrected chi connectivity index (χ0v) is 14.0. The molecule has 8 heteroatoms. The summed E-state index contributed by atoms with van der Waals surface area (Å²) in [4.78, 5) is 11.2. The van der Waals surface area contributed by atoms with E-state index in [1.807, 2.05) is 42.6 Å². The van der Waals surface area contributed by atoms with Crippen molar-refractivity contribution in [1.29, 1.82) is 0 Å². The van der Waals surface area contributed by atoms with E-state index in [4.69, 9.17) is 8.83 Å². The van der Waals surface area contributed by atoms with E-state index in [0.717, 1.165) is 11.3 Å². The summed E-state index contributed by atoms with van der Waals surface area (Å²) in [6.07, 6.45) is 2.67. The van der Waals surface area contributed by atoms with E-state index in [1.54, 1.807) is 29.5 Å². The number of hydrazone groups is 1. The fourth-order valence-electron chi connectivity index (χ4n) is 3.09. The zero-order valence-electron chi connectivity index (χ0n) is 14.0. The highest BCUT2D eigenvalue weighted by Crippen LogP contribution is 2.29. The first-order valence-electron chi connectivity index (χ1n) is 8.14. The molecule has 0 spiro atoms. The number of rotatable bonds is 3. The van der Waals surface area contributed by atoms with Gasteiger partial charge in [0.15, 0.2) is 11.5 Å². The SMILES string of the molecule is Cc1cccc(N2N=C([N+](=O)[O-])[C@@H](c3ccco3)[NH2+][C@H]2c2ccco2)c1. The second-order valence-electron chi connectivity index (χ2n) is 6.04. The summed E-state index contributed by atoms with van der Waals surface area (Å²) < 4.78 is 11.0. The lowest BCUT2D eigenvalue weighted by atomic mass is 10.1. The molecule has 0 radical (unpaired) electrons.